The van der Waals surface area contributed by atoms with Crippen molar-refractivity contribution in [2.75, 3.05) is 20.2 Å². The minimum Gasteiger partial charge on any atom is -0.444 e. The van der Waals surface area contributed by atoms with Crippen LogP contribution in [0.5, 0.6) is 0 Å². The Morgan fingerprint density at radius 2 is 1.94 bits per heavy atom. The molecule has 1 atom stereocenters. The molecule has 2 N–H and O–H groups in total. The van der Waals surface area contributed by atoms with Crippen LogP contribution in [-0.2, 0) is 23.4 Å². The van der Waals surface area contributed by atoms with Crippen LogP contribution in [0.3, 0.4) is 0 Å². The van der Waals surface area contributed by atoms with Gasteiger partial charge in [-0.1, -0.05) is 13.8 Å². The predicted molar refractivity (Wildman–Crippen MR) is 57.1 cm³/mol. The number of hydrogen-bond acceptors (Lipinski definition) is 6. The molecular formula is C8H16NO7P. The van der Waals surface area contributed by atoms with Crippen molar-refractivity contribution in [1.29, 1.82) is 0 Å². The fourth-order valence-corrected chi connectivity index (χ4v) is 0.810. The van der Waals surface area contributed by atoms with Crippen LogP contribution in [0.15, 0.2) is 0 Å². The predicted octanol–water partition coefficient (Wildman–Crippen LogP) is 0.659. The molecule has 100 valence electrons. The van der Waals surface area contributed by atoms with E-state index in [1.807, 2.05) is 0 Å². The zero-order valence-corrected chi connectivity index (χ0v) is 10.7. The van der Waals surface area contributed by atoms with Crippen LogP contribution in [0.1, 0.15) is 13.8 Å². The van der Waals surface area contributed by atoms with E-state index in [9.17, 15) is 14.2 Å². The van der Waals surface area contributed by atoms with Gasteiger partial charge in [0.2, 0.25) is 6.79 Å². The van der Waals surface area contributed by atoms with Crippen LogP contribution >= 0.6 is 7.60 Å². The minimum absolute atomic E-state index is 0.295. The number of carbonyl (C=O) groups is 2. The summed E-state index contributed by atoms with van der Waals surface area (Å²) >= 11 is 0. The van der Waals surface area contributed by atoms with Gasteiger partial charge in [0.05, 0.1) is 5.92 Å². The average molecular weight is 269 g/mol. The third kappa shape index (κ3) is 9.80. The molecule has 1 amide bonds. The number of ether oxygens (including phenoxy) is 2. The van der Waals surface area contributed by atoms with Gasteiger partial charge in [-0.2, -0.15) is 0 Å². The van der Waals surface area contributed by atoms with E-state index in [1.165, 1.54) is 0 Å². The second kappa shape index (κ2) is 7.26. The molecular weight excluding hydrogens is 253 g/mol. The lowest BCUT2D eigenvalue weighted by atomic mass is 10.2. The molecule has 0 aliphatic rings. The van der Waals surface area contributed by atoms with Crippen LogP contribution in [-0.4, -0.2) is 37.1 Å². The van der Waals surface area contributed by atoms with Gasteiger partial charge in [-0.3, -0.25) is 19.2 Å². The van der Waals surface area contributed by atoms with Crippen LogP contribution in [0, 0.1) is 5.92 Å². The van der Waals surface area contributed by atoms with Crippen molar-refractivity contribution in [3.05, 3.63) is 0 Å². The third-order valence-corrected chi connectivity index (χ3v) is 1.97. The minimum atomic E-state index is -3.67. The molecule has 0 heterocycles. The number of hydrogen-bond donors (Lipinski definition) is 2. The molecule has 0 saturated heterocycles. The van der Waals surface area contributed by atoms with E-state index >= 15 is 0 Å². The maximum Gasteiger partial charge on any atom is 0.411 e. The first-order chi connectivity index (χ1) is 7.72. The second-order valence-electron chi connectivity index (χ2n) is 3.42. The Morgan fingerprint density at radius 1 is 1.35 bits per heavy atom. The molecule has 0 aromatic carbocycles. The van der Waals surface area contributed by atoms with Crippen molar-refractivity contribution in [2.24, 2.45) is 5.92 Å². The summed E-state index contributed by atoms with van der Waals surface area (Å²) in [6, 6.07) is 0. The number of carbonyl (C=O) groups excluding carboxylic acids is 2. The lowest BCUT2D eigenvalue weighted by Crippen LogP contribution is -2.29. The van der Waals surface area contributed by atoms with Crippen molar-refractivity contribution in [1.82, 2.24) is 5.32 Å². The Balaban J connectivity index is 3.61. The topological polar surface area (TPSA) is 111 Å². The molecule has 1 unspecified atom stereocenters. The van der Waals surface area contributed by atoms with Gasteiger partial charge >= 0.3 is 19.7 Å². The Morgan fingerprint density at radius 3 is 2.41 bits per heavy atom. The second-order valence-corrected chi connectivity index (χ2v) is 5.29. The smallest absolute Gasteiger partial charge is 0.411 e. The maximum atomic E-state index is 11.0. The largest absolute Gasteiger partial charge is 0.444 e. The highest BCUT2D eigenvalue weighted by Gasteiger charge is 2.12. The lowest BCUT2D eigenvalue weighted by Gasteiger charge is -2.10. The quantitative estimate of drug-likeness (QED) is 0.414. The number of alkyl carbamates (subject to hydrolysis) is 1. The summed E-state index contributed by atoms with van der Waals surface area (Å²) in [6.07, 6.45) is -0.921. The molecule has 0 aromatic heterocycles. The Labute approximate surface area is 98.8 Å². The Kier molecular flexibility index (Phi) is 6.79. The van der Waals surface area contributed by atoms with Crippen LogP contribution in [0.2, 0.25) is 0 Å². The van der Waals surface area contributed by atoms with E-state index in [0.717, 1.165) is 6.66 Å². The van der Waals surface area contributed by atoms with Crippen molar-refractivity contribution in [2.45, 2.75) is 13.8 Å². The Bertz CT molecular complexity index is 311. The summed E-state index contributed by atoms with van der Waals surface area (Å²) in [6.45, 7) is 3.26. The molecule has 0 aliphatic carbocycles. The molecule has 0 bridgehead atoms. The van der Waals surface area contributed by atoms with Crippen LogP contribution in [0.4, 0.5) is 4.79 Å². The summed E-state index contributed by atoms with van der Waals surface area (Å²) in [5.41, 5.74) is 0. The van der Waals surface area contributed by atoms with Crippen molar-refractivity contribution < 1.29 is 33.0 Å². The van der Waals surface area contributed by atoms with E-state index in [-0.39, 0.29) is 12.6 Å². The van der Waals surface area contributed by atoms with Crippen molar-refractivity contribution in [3.8, 4) is 0 Å². The molecule has 0 rings (SSSR count). The van der Waals surface area contributed by atoms with E-state index in [4.69, 9.17) is 4.89 Å². The number of nitrogens with one attached hydrogen (secondary N) is 1. The zero-order valence-electron chi connectivity index (χ0n) is 9.84. The summed E-state index contributed by atoms with van der Waals surface area (Å²) in [5.74, 6) is -0.758. The van der Waals surface area contributed by atoms with Gasteiger partial charge in [-0.25, -0.2) is 4.79 Å². The van der Waals surface area contributed by atoms with E-state index in [0.29, 0.717) is 0 Å². The van der Waals surface area contributed by atoms with E-state index in [1.54, 1.807) is 13.8 Å². The molecule has 0 fully saturated rings. The van der Waals surface area contributed by atoms with Crippen molar-refractivity contribution in [3.63, 3.8) is 0 Å². The van der Waals surface area contributed by atoms with Gasteiger partial charge in [0, 0.05) is 6.66 Å². The number of esters is 1. The highest BCUT2D eigenvalue weighted by Crippen LogP contribution is 2.35. The van der Waals surface area contributed by atoms with Gasteiger partial charge in [-0.15, -0.1) is 0 Å². The first kappa shape index (κ1) is 15.9. The van der Waals surface area contributed by atoms with E-state index in [2.05, 4.69) is 19.3 Å². The standard InChI is InChI=1S/C8H16NO7P/c1-6(2)7(10)14-4-9-8(11)15-5-16-17(3,12)13/h6H,4-5H2,1-3H3,(H,9,11)(H,12,13). The molecule has 0 saturated carbocycles. The van der Waals surface area contributed by atoms with Crippen molar-refractivity contribution >= 4 is 19.7 Å². The summed E-state index contributed by atoms with van der Waals surface area (Å²) in [4.78, 5) is 30.6. The van der Waals surface area contributed by atoms with Crippen LogP contribution < -0.4 is 5.32 Å². The Hall–Kier alpha value is -1.11. The monoisotopic (exact) mass is 269 g/mol. The summed E-state index contributed by atoms with van der Waals surface area (Å²) < 4.78 is 23.9. The van der Waals surface area contributed by atoms with Gasteiger partial charge in [0.1, 0.15) is 0 Å². The van der Waals surface area contributed by atoms with Crippen LogP contribution in [0.25, 0.3) is 0 Å². The highest BCUT2D eigenvalue weighted by atomic mass is 31.2. The maximum absolute atomic E-state index is 11.0. The number of rotatable bonds is 6. The lowest BCUT2D eigenvalue weighted by molar-refractivity contribution is -0.147. The van der Waals surface area contributed by atoms with Gasteiger partial charge in [-0.05, 0) is 0 Å². The number of amides is 1. The molecule has 0 aliphatic heterocycles. The third-order valence-electron chi connectivity index (χ3n) is 1.38. The summed E-state index contributed by atoms with van der Waals surface area (Å²) in [5, 5.41) is 2.10. The molecule has 0 spiro atoms. The molecule has 9 heteroatoms. The SMILES string of the molecule is CC(C)C(=O)OCNC(=O)OCOP(C)(=O)O. The van der Waals surface area contributed by atoms with E-state index < -0.39 is 26.5 Å². The molecule has 8 nitrogen and oxygen atoms in total. The van der Waals surface area contributed by atoms with Gasteiger partial charge < -0.3 is 14.4 Å². The van der Waals surface area contributed by atoms with Gasteiger partial charge in [0.15, 0.2) is 6.73 Å². The molecule has 0 radical (unpaired) electrons. The zero-order chi connectivity index (χ0) is 13.5. The average Bonchev–Trinajstić information content (AvgIpc) is 2.15. The van der Waals surface area contributed by atoms with Gasteiger partial charge in [0.25, 0.3) is 0 Å². The fraction of sp³-hybridized carbons (Fsp3) is 0.750. The fourth-order valence-electron chi connectivity index (χ4n) is 0.561. The summed E-state index contributed by atoms with van der Waals surface area (Å²) in [7, 11) is -3.67. The first-order valence-corrected chi connectivity index (χ1v) is 6.77. The normalized spacial score (nSPS) is 13.9. The first-order valence-electron chi connectivity index (χ1n) is 4.74. The molecule has 17 heavy (non-hydrogen) atoms. The molecule has 0 aromatic rings. The highest BCUT2D eigenvalue weighted by molar-refractivity contribution is 7.51.